The Hall–Kier alpha value is -2.05. The van der Waals surface area contributed by atoms with Gasteiger partial charge >= 0.3 is 0 Å². The molecule has 3 aromatic rings. The summed E-state index contributed by atoms with van der Waals surface area (Å²) in [5, 5.41) is 11.5. The molecule has 0 aliphatic rings. The van der Waals surface area contributed by atoms with Crippen LogP contribution in [0.4, 0.5) is 0 Å². The lowest BCUT2D eigenvalue weighted by atomic mass is 10.1. The summed E-state index contributed by atoms with van der Waals surface area (Å²) >= 11 is 3.36. The summed E-state index contributed by atoms with van der Waals surface area (Å²) in [6.07, 6.45) is 4.20. The Bertz CT molecular complexity index is 693. The zero-order chi connectivity index (χ0) is 16.6. The van der Waals surface area contributed by atoms with E-state index in [9.17, 15) is 4.79 Å². The van der Waals surface area contributed by atoms with E-state index < -0.39 is 0 Å². The average molecular weight is 358 g/mol. The number of thiophene rings is 1. The number of carbonyl (C=O) groups is 1. The molecule has 1 atom stereocenters. The van der Waals surface area contributed by atoms with Gasteiger partial charge < -0.3 is 5.32 Å². The van der Waals surface area contributed by atoms with E-state index in [-0.39, 0.29) is 11.9 Å². The second kappa shape index (κ2) is 8.70. The highest BCUT2D eigenvalue weighted by Gasteiger charge is 2.15. The number of benzene rings is 1. The Morgan fingerprint density at radius 3 is 2.83 bits per heavy atom. The number of rotatable bonds is 8. The number of hydrogen-bond donors (Lipinski definition) is 1. The van der Waals surface area contributed by atoms with Gasteiger partial charge in [0.25, 0.3) is 0 Å². The number of nitrogens with zero attached hydrogens (tertiary/aromatic N) is 2. The van der Waals surface area contributed by atoms with Crippen LogP contribution < -0.4 is 5.32 Å². The number of carbonyl (C=O) groups excluding carboxylic acids is 1. The monoisotopic (exact) mass is 357 g/mol. The fourth-order valence-electron chi connectivity index (χ4n) is 2.37. The molecule has 1 N–H and O–H groups in total. The maximum Gasteiger partial charge on any atom is 0.220 e. The molecule has 3 rings (SSSR count). The molecular formula is C18H19N3OS2. The smallest absolute Gasteiger partial charge is 0.220 e. The van der Waals surface area contributed by atoms with E-state index in [1.807, 2.05) is 40.5 Å². The Morgan fingerprint density at radius 2 is 2.12 bits per heavy atom. The maximum atomic E-state index is 12.1. The van der Waals surface area contributed by atoms with E-state index >= 15 is 0 Å². The molecule has 0 aliphatic heterocycles. The molecule has 0 saturated carbocycles. The van der Waals surface area contributed by atoms with Crippen LogP contribution >= 0.6 is 23.1 Å². The zero-order valence-corrected chi connectivity index (χ0v) is 14.8. The van der Waals surface area contributed by atoms with Crippen LogP contribution in [0.3, 0.4) is 0 Å². The lowest BCUT2D eigenvalue weighted by Gasteiger charge is -2.17. The largest absolute Gasteiger partial charge is 0.354 e. The van der Waals surface area contributed by atoms with Crippen molar-refractivity contribution >= 4 is 29.0 Å². The van der Waals surface area contributed by atoms with E-state index in [0.717, 1.165) is 5.75 Å². The van der Waals surface area contributed by atoms with Gasteiger partial charge in [-0.05, 0) is 40.6 Å². The first-order valence-electron chi connectivity index (χ1n) is 7.78. The Balaban J connectivity index is 1.49. The van der Waals surface area contributed by atoms with Gasteiger partial charge in [-0.2, -0.15) is 16.4 Å². The fourth-order valence-corrected chi connectivity index (χ4v) is 3.95. The van der Waals surface area contributed by atoms with Crippen LogP contribution in [0.2, 0.25) is 0 Å². The van der Waals surface area contributed by atoms with Gasteiger partial charge in [0.15, 0.2) is 0 Å². The quantitative estimate of drug-likeness (QED) is 0.623. The van der Waals surface area contributed by atoms with Gasteiger partial charge in [0.2, 0.25) is 5.91 Å². The highest BCUT2D eigenvalue weighted by atomic mass is 32.2. The van der Waals surface area contributed by atoms with E-state index in [0.29, 0.717) is 13.0 Å². The lowest BCUT2D eigenvalue weighted by Crippen LogP contribution is -2.31. The topological polar surface area (TPSA) is 46.9 Å². The highest BCUT2D eigenvalue weighted by molar-refractivity contribution is 7.99. The predicted octanol–water partition coefficient (Wildman–Crippen LogP) is 3.83. The minimum absolute atomic E-state index is 0.0389. The number of thioether (sulfide) groups is 1. The van der Waals surface area contributed by atoms with Crippen molar-refractivity contribution in [3.8, 4) is 0 Å². The summed E-state index contributed by atoms with van der Waals surface area (Å²) in [6.45, 7) is 0.549. The first-order chi connectivity index (χ1) is 11.8. The summed E-state index contributed by atoms with van der Waals surface area (Å²) in [6, 6.07) is 14.2. The minimum atomic E-state index is 0.0389. The molecule has 1 aromatic carbocycles. The van der Waals surface area contributed by atoms with E-state index in [4.69, 9.17) is 0 Å². The predicted molar refractivity (Wildman–Crippen MR) is 99.5 cm³/mol. The van der Waals surface area contributed by atoms with Gasteiger partial charge in [0.1, 0.15) is 0 Å². The van der Waals surface area contributed by atoms with Crippen molar-refractivity contribution < 1.29 is 4.79 Å². The molecule has 0 radical (unpaired) electrons. The molecule has 0 saturated heterocycles. The van der Waals surface area contributed by atoms with Gasteiger partial charge in [-0.3, -0.25) is 9.48 Å². The van der Waals surface area contributed by atoms with Crippen molar-refractivity contribution in [3.63, 3.8) is 0 Å². The van der Waals surface area contributed by atoms with Crippen molar-refractivity contribution in [2.75, 3.05) is 12.3 Å². The Morgan fingerprint density at radius 1 is 1.25 bits per heavy atom. The van der Waals surface area contributed by atoms with Gasteiger partial charge in [-0.15, -0.1) is 11.8 Å². The van der Waals surface area contributed by atoms with Crippen LogP contribution in [-0.2, 0) is 4.79 Å². The van der Waals surface area contributed by atoms with E-state index in [1.165, 1.54) is 10.5 Å². The number of nitrogens with one attached hydrogen (secondary N) is 1. The van der Waals surface area contributed by atoms with Crippen LogP contribution in [0.5, 0.6) is 0 Å². The summed E-state index contributed by atoms with van der Waals surface area (Å²) in [7, 11) is 0. The zero-order valence-electron chi connectivity index (χ0n) is 13.2. The molecule has 0 unspecified atom stereocenters. The lowest BCUT2D eigenvalue weighted by molar-refractivity contribution is -0.120. The first kappa shape index (κ1) is 16.8. The third-order valence-electron chi connectivity index (χ3n) is 3.61. The summed E-state index contributed by atoms with van der Waals surface area (Å²) in [4.78, 5) is 13.3. The second-order valence-electron chi connectivity index (χ2n) is 5.27. The SMILES string of the molecule is O=C(CCSc1ccccc1)NC[C@H](c1ccsc1)n1cccn1. The average Bonchev–Trinajstić information content (AvgIpc) is 3.30. The molecule has 0 spiro atoms. The molecule has 6 heteroatoms. The molecule has 24 heavy (non-hydrogen) atoms. The molecule has 2 aromatic heterocycles. The van der Waals surface area contributed by atoms with Crippen LogP contribution in [0.25, 0.3) is 0 Å². The molecule has 124 valence electrons. The molecule has 2 heterocycles. The fraction of sp³-hybridized carbons (Fsp3) is 0.222. The van der Waals surface area contributed by atoms with Gasteiger partial charge in [-0.25, -0.2) is 0 Å². The molecule has 4 nitrogen and oxygen atoms in total. The van der Waals surface area contributed by atoms with Gasteiger partial charge in [0, 0.05) is 36.0 Å². The number of hydrogen-bond acceptors (Lipinski definition) is 4. The molecule has 0 aliphatic carbocycles. The van der Waals surface area contributed by atoms with Crippen molar-refractivity contribution in [3.05, 3.63) is 71.2 Å². The van der Waals surface area contributed by atoms with E-state index in [1.54, 1.807) is 29.3 Å². The first-order valence-corrected chi connectivity index (χ1v) is 9.71. The number of aromatic nitrogens is 2. The van der Waals surface area contributed by atoms with Crippen LogP contribution in [0, 0.1) is 0 Å². The van der Waals surface area contributed by atoms with Crippen molar-refractivity contribution in [1.29, 1.82) is 0 Å². The van der Waals surface area contributed by atoms with Crippen molar-refractivity contribution in [2.45, 2.75) is 17.4 Å². The summed E-state index contributed by atoms with van der Waals surface area (Å²) in [5.41, 5.74) is 1.17. The standard InChI is InChI=1S/C18H19N3OS2/c22-18(8-12-24-16-5-2-1-3-6-16)19-13-17(15-7-11-23-14-15)21-10-4-9-20-21/h1-7,9-11,14,17H,8,12-13H2,(H,19,22)/t17-/m1/s1. The van der Waals surface area contributed by atoms with E-state index in [2.05, 4.69) is 34.0 Å². The molecule has 0 bridgehead atoms. The molecular weight excluding hydrogens is 338 g/mol. The maximum absolute atomic E-state index is 12.1. The van der Waals surface area contributed by atoms with Crippen LogP contribution in [0.15, 0.2) is 70.5 Å². The summed E-state index contributed by atoms with van der Waals surface area (Å²) < 4.78 is 1.89. The molecule has 1 amide bonds. The number of amides is 1. The van der Waals surface area contributed by atoms with Gasteiger partial charge in [0.05, 0.1) is 6.04 Å². The Kier molecular flexibility index (Phi) is 6.09. The molecule has 0 fully saturated rings. The third-order valence-corrected chi connectivity index (χ3v) is 5.32. The second-order valence-corrected chi connectivity index (χ2v) is 7.22. The summed E-state index contributed by atoms with van der Waals surface area (Å²) in [5.74, 6) is 0.853. The van der Waals surface area contributed by atoms with Gasteiger partial charge in [-0.1, -0.05) is 18.2 Å². The van der Waals surface area contributed by atoms with Crippen molar-refractivity contribution in [2.24, 2.45) is 0 Å². The third kappa shape index (κ3) is 4.72. The normalized spacial score (nSPS) is 12.0. The van der Waals surface area contributed by atoms with Crippen LogP contribution in [-0.4, -0.2) is 28.0 Å². The highest BCUT2D eigenvalue weighted by Crippen LogP contribution is 2.20. The van der Waals surface area contributed by atoms with Crippen molar-refractivity contribution in [1.82, 2.24) is 15.1 Å². The minimum Gasteiger partial charge on any atom is -0.354 e. The van der Waals surface area contributed by atoms with Crippen LogP contribution in [0.1, 0.15) is 18.0 Å². The Labute approximate surface area is 149 Å².